The number of hydrogen-bond acceptors (Lipinski definition) is 2. The van der Waals surface area contributed by atoms with Crippen molar-refractivity contribution < 1.29 is 9.53 Å². The Balaban J connectivity index is 3.60. The fraction of sp³-hybridized carbons (Fsp3) is 0.522. The van der Waals surface area contributed by atoms with Gasteiger partial charge in [0.2, 0.25) is 0 Å². The summed E-state index contributed by atoms with van der Waals surface area (Å²) in [5.41, 5.74) is 0. The first-order chi connectivity index (χ1) is 12.2. The molecule has 0 saturated carbocycles. The van der Waals surface area contributed by atoms with Crippen molar-refractivity contribution in [3.63, 3.8) is 0 Å². The van der Waals surface area contributed by atoms with Gasteiger partial charge in [-0.3, -0.25) is 4.79 Å². The quantitative estimate of drug-likeness (QED) is 0.199. The van der Waals surface area contributed by atoms with E-state index in [0.717, 1.165) is 44.9 Å². The molecule has 0 radical (unpaired) electrons. The molecule has 0 aromatic rings. The van der Waals surface area contributed by atoms with Gasteiger partial charge in [0, 0.05) is 0 Å². The Hall–Kier alpha value is -1.83. The maximum Gasteiger partial charge on any atom is 0.308 e. The summed E-state index contributed by atoms with van der Waals surface area (Å²) in [7, 11) is 0. The summed E-state index contributed by atoms with van der Waals surface area (Å²) >= 11 is 0. The minimum Gasteiger partial charge on any atom is -0.466 e. The summed E-state index contributed by atoms with van der Waals surface area (Å²) in [6, 6.07) is 0. The number of unbranched alkanes of at least 4 members (excludes halogenated alkanes) is 1. The van der Waals surface area contributed by atoms with Gasteiger partial charge < -0.3 is 4.74 Å². The van der Waals surface area contributed by atoms with Gasteiger partial charge in [0.05, 0.1) is 12.5 Å². The summed E-state index contributed by atoms with van der Waals surface area (Å²) < 4.78 is 4.99. The third-order valence-electron chi connectivity index (χ3n) is 3.56. The van der Waals surface area contributed by atoms with Gasteiger partial charge >= 0.3 is 5.97 Å². The van der Waals surface area contributed by atoms with Crippen LogP contribution in [0.1, 0.15) is 65.7 Å². The smallest absolute Gasteiger partial charge is 0.308 e. The highest BCUT2D eigenvalue weighted by Crippen LogP contribution is 2.06. The fourth-order valence-corrected chi connectivity index (χ4v) is 2.09. The molecule has 1 atom stereocenters. The Morgan fingerprint density at radius 1 is 0.760 bits per heavy atom. The summed E-state index contributed by atoms with van der Waals surface area (Å²) in [4.78, 5) is 11.5. The molecule has 0 aliphatic carbocycles. The van der Waals surface area contributed by atoms with E-state index >= 15 is 0 Å². The highest BCUT2D eigenvalue weighted by Gasteiger charge is 2.11. The van der Waals surface area contributed by atoms with Crippen LogP contribution < -0.4 is 0 Å². The number of hydrogen-bond donors (Lipinski definition) is 0. The number of carbonyl (C=O) groups is 1. The third-order valence-corrected chi connectivity index (χ3v) is 3.56. The fourth-order valence-electron chi connectivity index (χ4n) is 2.09. The zero-order valence-electron chi connectivity index (χ0n) is 16.3. The standard InChI is InChI=1S/C23H36O2/c1-4-6-7-8-9-10-11-12-13-14-15-16-17-18-19-20-21-22(3)23(24)25-5-2/h6-7,9-10,12-13,15-16,19-20,22H,4-5,8,11,14,17-18,21H2,1-3H3. The van der Waals surface area contributed by atoms with Crippen LogP contribution in [-0.4, -0.2) is 12.6 Å². The molecular formula is C23H36O2. The molecule has 0 fully saturated rings. The van der Waals surface area contributed by atoms with Crippen molar-refractivity contribution in [2.24, 2.45) is 5.92 Å². The van der Waals surface area contributed by atoms with Crippen LogP contribution in [-0.2, 0) is 9.53 Å². The van der Waals surface area contributed by atoms with Crippen molar-refractivity contribution in [3.05, 3.63) is 60.8 Å². The predicted octanol–water partition coefficient (Wildman–Crippen LogP) is 6.72. The zero-order chi connectivity index (χ0) is 18.6. The van der Waals surface area contributed by atoms with Crippen LogP contribution in [0.3, 0.4) is 0 Å². The van der Waals surface area contributed by atoms with Crippen molar-refractivity contribution in [1.29, 1.82) is 0 Å². The molecule has 0 aliphatic heterocycles. The highest BCUT2D eigenvalue weighted by molar-refractivity contribution is 5.72. The first-order valence-electron chi connectivity index (χ1n) is 9.63. The van der Waals surface area contributed by atoms with Crippen LogP contribution in [0, 0.1) is 5.92 Å². The van der Waals surface area contributed by atoms with Gasteiger partial charge in [0.1, 0.15) is 0 Å². The van der Waals surface area contributed by atoms with E-state index in [-0.39, 0.29) is 11.9 Å². The van der Waals surface area contributed by atoms with Crippen molar-refractivity contribution in [2.45, 2.75) is 65.7 Å². The van der Waals surface area contributed by atoms with E-state index in [4.69, 9.17) is 4.74 Å². The van der Waals surface area contributed by atoms with Crippen molar-refractivity contribution >= 4 is 5.97 Å². The second-order valence-corrected chi connectivity index (χ2v) is 5.94. The molecular weight excluding hydrogens is 308 g/mol. The van der Waals surface area contributed by atoms with Gasteiger partial charge in [-0.05, 0) is 51.9 Å². The minimum absolute atomic E-state index is 0.0476. The SMILES string of the molecule is CCC=CCC=CCC=CCC=CCCC=CCC(C)C(=O)OCC. The van der Waals surface area contributed by atoms with Gasteiger partial charge in [0.15, 0.2) is 0 Å². The Morgan fingerprint density at radius 3 is 1.76 bits per heavy atom. The lowest BCUT2D eigenvalue weighted by atomic mass is 10.1. The molecule has 0 aromatic carbocycles. The average Bonchev–Trinajstić information content (AvgIpc) is 2.61. The van der Waals surface area contributed by atoms with Gasteiger partial charge in [-0.15, -0.1) is 0 Å². The minimum atomic E-state index is -0.105. The summed E-state index contributed by atoms with van der Waals surface area (Å²) in [5.74, 6) is -0.153. The number of ether oxygens (including phenoxy) is 1. The van der Waals surface area contributed by atoms with Gasteiger partial charge in [-0.25, -0.2) is 0 Å². The number of rotatable bonds is 14. The first-order valence-corrected chi connectivity index (χ1v) is 9.63. The molecule has 0 aromatic heterocycles. The van der Waals surface area contributed by atoms with Gasteiger partial charge in [-0.1, -0.05) is 74.6 Å². The molecule has 2 heteroatoms. The van der Waals surface area contributed by atoms with E-state index in [1.807, 2.05) is 13.8 Å². The molecule has 1 unspecified atom stereocenters. The van der Waals surface area contributed by atoms with E-state index in [2.05, 4.69) is 67.7 Å². The zero-order valence-corrected chi connectivity index (χ0v) is 16.3. The lowest BCUT2D eigenvalue weighted by Crippen LogP contribution is -2.13. The van der Waals surface area contributed by atoms with Crippen LogP contribution in [0.2, 0.25) is 0 Å². The van der Waals surface area contributed by atoms with Crippen LogP contribution in [0.4, 0.5) is 0 Å². The van der Waals surface area contributed by atoms with Gasteiger partial charge in [0.25, 0.3) is 0 Å². The monoisotopic (exact) mass is 344 g/mol. The molecule has 0 N–H and O–H groups in total. The van der Waals surface area contributed by atoms with E-state index in [1.54, 1.807) is 0 Å². The van der Waals surface area contributed by atoms with Crippen LogP contribution >= 0.6 is 0 Å². The molecule has 2 nitrogen and oxygen atoms in total. The Morgan fingerprint density at radius 2 is 1.24 bits per heavy atom. The molecule has 140 valence electrons. The predicted molar refractivity (Wildman–Crippen MR) is 109 cm³/mol. The Bertz CT molecular complexity index is 453. The molecule has 25 heavy (non-hydrogen) atoms. The lowest BCUT2D eigenvalue weighted by molar-refractivity contribution is -0.147. The van der Waals surface area contributed by atoms with E-state index < -0.39 is 0 Å². The highest BCUT2D eigenvalue weighted by atomic mass is 16.5. The molecule has 0 aliphatic rings. The number of esters is 1. The second-order valence-electron chi connectivity index (χ2n) is 5.94. The number of carbonyl (C=O) groups excluding carboxylic acids is 1. The molecule has 0 saturated heterocycles. The molecule has 0 rings (SSSR count). The third kappa shape index (κ3) is 16.8. The normalized spacial score (nSPS) is 13.9. The van der Waals surface area contributed by atoms with E-state index in [9.17, 15) is 4.79 Å². The Kier molecular flexibility index (Phi) is 17.2. The van der Waals surface area contributed by atoms with Crippen molar-refractivity contribution in [1.82, 2.24) is 0 Å². The maximum absolute atomic E-state index is 11.5. The van der Waals surface area contributed by atoms with Crippen molar-refractivity contribution in [2.75, 3.05) is 6.61 Å². The largest absolute Gasteiger partial charge is 0.466 e. The number of allylic oxidation sites excluding steroid dienone is 10. The summed E-state index contributed by atoms with van der Waals surface area (Å²) in [6.45, 7) is 6.36. The molecule has 0 spiro atoms. The molecule has 0 heterocycles. The first kappa shape index (κ1) is 23.2. The van der Waals surface area contributed by atoms with Crippen LogP contribution in [0.15, 0.2) is 60.8 Å². The second kappa shape index (κ2) is 18.5. The van der Waals surface area contributed by atoms with E-state index in [1.165, 1.54) is 0 Å². The lowest BCUT2D eigenvalue weighted by Gasteiger charge is -2.06. The van der Waals surface area contributed by atoms with Crippen LogP contribution in [0.5, 0.6) is 0 Å². The molecule has 0 bridgehead atoms. The average molecular weight is 345 g/mol. The summed E-state index contributed by atoms with van der Waals surface area (Å²) in [6.07, 6.45) is 28.9. The Labute approximate surface area is 155 Å². The van der Waals surface area contributed by atoms with Crippen molar-refractivity contribution in [3.8, 4) is 0 Å². The maximum atomic E-state index is 11.5. The van der Waals surface area contributed by atoms with E-state index in [0.29, 0.717) is 6.61 Å². The molecule has 0 amide bonds. The summed E-state index contributed by atoms with van der Waals surface area (Å²) in [5, 5.41) is 0. The van der Waals surface area contributed by atoms with Crippen LogP contribution in [0.25, 0.3) is 0 Å². The van der Waals surface area contributed by atoms with Gasteiger partial charge in [-0.2, -0.15) is 0 Å². The topological polar surface area (TPSA) is 26.3 Å².